The van der Waals surface area contributed by atoms with Crippen LogP contribution in [-0.4, -0.2) is 15.0 Å². The zero-order chi connectivity index (χ0) is 33.5. The molecule has 0 saturated heterocycles. The number of aromatic nitrogens is 3. The van der Waals surface area contributed by atoms with Gasteiger partial charge in [-0.2, -0.15) is 0 Å². The Hall–Kier alpha value is -6.49. The Kier molecular flexibility index (Phi) is 6.12. The Bertz CT molecular complexity index is 3130. The second kappa shape index (κ2) is 11.0. The van der Waals surface area contributed by atoms with E-state index in [-0.39, 0.29) is 0 Å². The first kappa shape index (κ1) is 28.4. The maximum absolute atomic E-state index is 5.07. The largest absolute Gasteiger partial charge is 0.208 e. The van der Waals surface area contributed by atoms with E-state index in [1.54, 1.807) is 0 Å². The highest BCUT2D eigenvalue weighted by atomic mass is 32.1. The number of hydrogen-bond donors (Lipinski definition) is 0. The molecule has 2 aromatic heterocycles. The van der Waals surface area contributed by atoms with Gasteiger partial charge in [-0.25, -0.2) is 15.0 Å². The molecule has 0 unspecified atom stereocenters. The summed E-state index contributed by atoms with van der Waals surface area (Å²) in [5, 5.41) is 15.3. The molecule has 0 amide bonds. The lowest BCUT2D eigenvalue weighted by molar-refractivity contribution is 1.07. The van der Waals surface area contributed by atoms with Gasteiger partial charge in [0.05, 0.1) is 0 Å². The van der Waals surface area contributed by atoms with Crippen LogP contribution in [0, 0.1) is 0 Å². The van der Waals surface area contributed by atoms with Crippen molar-refractivity contribution in [3.8, 4) is 34.2 Å². The average molecular weight is 666 g/mol. The van der Waals surface area contributed by atoms with Crippen LogP contribution in [0.5, 0.6) is 0 Å². The third-order valence-electron chi connectivity index (χ3n) is 10.3. The lowest BCUT2D eigenvalue weighted by Gasteiger charge is -2.14. The monoisotopic (exact) mass is 665 g/mol. The van der Waals surface area contributed by atoms with E-state index in [0.29, 0.717) is 17.5 Å². The maximum atomic E-state index is 5.07. The molecule has 0 saturated carbocycles. The minimum absolute atomic E-state index is 0.658. The summed E-state index contributed by atoms with van der Waals surface area (Å²) in [5.41, 5.74) is 2.88. The number of benzene rings is 9. The van der Waals surface area contributed by atoms with E-state index in [0.717, 1.165) is 16.7 Å². The molecule has 0 fully saturated rings. The lowest BCUT2D eigenvalue weighted by atomic mass is 9.89. The summed E-state index contributed by atoms with van der Waals surface area (Å²) in [6, 6.07) is 58.3. The number of nitrogens with zero attached hydrogens (tertiary/aromatic N) is 3. The molecule has 236 valence electrons. The second-order valence-electron chi connectivity index (χ2n) is 13.1. The van der Waals surface area contributed by atoms with Crippen molar-refractivity contribution in [2.24, 2.45) is 0 Å². The number of fused-ring (bicyclic) bond motifs is 15. The van der Waals surface area contributed by atoms with E-state index < -0.39 is 0 Å². The standard InChI is InChI=1S/C47H27N3S/c1-3-13-28(14-4-1)45-48-46(29-15-5-2-6-16-29)50-47(49-45)30-23-24-37-39(27-30)34-20-8-7-18-32(34)36-25-26-40-43(41(36)37)42-35-21-11-9-17-31(35)33-19-10-12-22-38(33)44(42)51-40/h1-27H. The molecular formula is C47H27N3S. The van der Waals surface area contributed by atoms with Gasteiger partial charge >= 0.3 is 0 Å². The SMILES string of the molecule is c1ccc(-c2nc(-c3ccccc3)nc(-c3ccc4c(c3)c3ccccc3c3ccc5sc6c7ccccc7c7ccccc7c6c5c34)n2)cc1. The summed E-state index contributed by atoms with van der Waals surface area (Å²) in [6.45, 7) is 0. The number of thiophene rings is 1. The molecule has 9 aromatic carbocycles. The molecule has 0 aliphatic rings. The van der Waals surface area contributed by atoms with Crippen molar-refractivity contribution in [2.45, 2.75) is 0 Å². The Morgan fingerprint density at radius 2 is 0.725 bits per heavy atom. The van der Waals surface area contributed by atoms with Crippen LogP contribution in [0.4, 0.5) is 0 Å². The van der Waals surface area contributed by atoms with Gasteiger partial charge in [0.15, 0.2) is 17.5 Å². The molecular weight excluding hydrogens is 639 g/mol. The van der Waals surface area contributed by atoms with Crippen LogP contribution in [0.3, 0.4) is 0 Å². The van der Waals surface area contributed by atoms with E-state index in [4.69, 9.17) is 15.0 Å². The fourth-order valence-corrected chi connectivity index (χ4v) is 9.27. The van der Waals surface area contributed by atoms with Crippen molar-refractivity contribution in [3.05, 3.63) is 164 Å². The molecule has 0 spiro atoms. The smallest absolute Gasteiger partial charge is 0.164 e. The highest BCUT2D eigenvalue weighted by Crippen LogP contribution is 2.49. The van der Waals surface area contributed by atoms with Crippen LogP contribution in [0.15, 0.2) is 164 Å². The molecule has 2 heterocycles. The molecule has 0 aliphatic carbocycles. The summed E-state index contributed by atoms with van der Waals surface area (Å²) in [7, 11) is 0. The first-order chi connectivity index (χ1) is 25.3. The van der Waals surface area contributed by atoms with E-state index in [1.807, 2.05) is 47.7 Å². The van der Waals surface area contributed by atoms with Gasteiger partial charge in [-0.3, -0.25) is 0 Å². The zero-order valence-corrected chi connectivity index (χ0v) is 28.2. The first-order valence-electron chi connectivity index (χ1n) is 17.2. The predicted octanol–water partition coefficient (Wildman–Crippen LogP) is 13.0. The molecule has 0 atom stereocenters. The van der Waals surface area contributed by atoms with Gasteiger partial charge in [0, 0.05) is 42.2 Å². The van der Waals surface area contributed by atoms with Gasteiger partial charge in [0.1, 0.15) is 0 Å². The number of hydrogen-bond acceptors (Lipinski definition) is 4. The van der Waals surface area contributed by atoms with Crippen LogP contribution >= 0.6 is 11.3 Å². The van der Waals surface area contributed by atoms with E-state index >= 15 is 0 Å². The van der Waals surface area contributed by atoms with E-state index in [1.165, 1.54) is 74.0 Å². The Morgan fingerprint density at radius 1 is 0.294 bits per heavy atom. The summed E-state index contributed by atoms with van der Waals surface area (Å²) in [6.07, 6.45) is 0. The quantitative estimate of drug-likeness (QED) is 0.176. The van der Waals surface area contributed by atoms with Crippen molar-refractivity contribution in [3.63, 3.8) is 0 Å². The van der Waals surface area contributed by atoms with Gasteiger partial charge < -0.3 is 0 Å². The maximum Gasteiger partial charge on any atom is 0.164 e. The summed E-state index contributed by atoms with van der Waals surface area (Å²) in [5.74, 6) is 1.98. The molecule has 0 aliphatic heterocycles. The highest BCUT2D eigenvalue weighted by Gasteiger charge is 2.20. The molecule has 11 rings (SSSR count). The van der Waals surface area contributed by atoms with Gasteiger partial charge in [-0.15, -0.1) is 11.3 Å². The summed E-state index contributed by atoms with van der Waals surface area (Å²) in [4.78, 5) is 15.1. The summed E-state index contributed by atoms with van der Waals surface area (Å²) >= 11 is 1.91. The van der Waals surface area contributed by atoms with Crippen molar-refractivity contribution in [1.29, 1.82) is 0 Å². The van der Waals surface area contributed by atoms with Crippen LogP contribution in [-0.2, 0) is 0 Å². The summed E-state index contributed by atoms with van der Waals surface area (Å²) < 4.78 is 2.65. The molecule has 0 N–H and O–H groups in total. The lowest BCUT2D eigenvalue weighted by Crippen LogP contribution is -2.00. The van der Waals surface area contributed by atoms with Crippen molar-refractivity contribution >= 4 is 85.4 Å². The third-order valence-corrected chi connectivity index (χ3v) is 11.5. The minimum Gasteiger partial charge on any atom is -0.208 e. The molecule has 11 aromatic rings. The van der Waals surface area contributed by atoms with E-state index in [9.17, 15) is 0 Å². The average Bonchev–Trinajstić information content (AvgIpc) is 3.62. The van der Waals surface area contributed by atoms with Gasteiger partial charge in [0.2, 0.25) is 0 Å². The van der Waals surface area contributed by atoms with E-state index in [2.05, 4.69) is 127 Å². The van der Waals surface area contributed by atoms with Crippen LogP contribution in [0.2, 0.25) is 0 Å². The second-order valence-corrected chi connectivity index (χ2v) is 14.2. The fraction of sp³-hybridized carbons (Fsp3) is 0. The van der Waals surface area contributed by atoms with Crippen LogP contribution < -0.4 is 0 Å². The predicted molar refractivity (Wildman–Crippen MR) is 217 cm³/mol. The molecule has 4 heteroatoms. The van der Waals surface area contributed by atoms with Crippen molar-refractivity contribution < 1.29 is 0 Å². The Morgan fingerprint density at radius 3 is 1.33 bits per heavy atom. The molecule has 0 bridgehead atoms. The highest BCUT2D eigenvalue weighted by molar-refractivity contribution is 7.27. The third kappa shape index (κ3) is 4.27. The topological polar surface area (TPSA) is 38.7 Å². The number of rotatable bonds is 3. The van der Waals surface area contributed by atoms with Crippen molar-refractivity contribution in [1.82, 2.24) is 15.0 Å². The van der Waals surface area contributed by atoms with Crippen LogP contribution in [0.25, 0.3) is 108 Å². The Labute approximate surface area is 297 Å². The fourth-order valence-electron chi connectivity index (χ4n) is 8.01. The normalized spacial score (nSPS) is 11.9. The minimum atomic E-state index is 0.658. The zero-order valence-electron chi connectivity index (χ0n) is 27.3. The van der Waals surface area contributed by atoms with Crippen LogP contribution in [0.1, 0.15) is 0 Å². The molecule has 51 heavy (non-hydrogen) atoms. The molecule has 0 radical (unpaired) electrons. The Balaban J connectivity index is 1.26. The van der Waals surface area contributed by atoms with Gasteiger partial charge in [0.25, 0.3) is 0 Å². The van der Waals surface area contributed by atoms with Crippen molar-refractivity contribution in [2.75, 3.05) is 0 Å². The first-order valence-corrected chi connectivity index (χ1v) is 18.0. The van der Waals surface area contributed by atoms with Gasteiger partial charge in [-0.1, -0.05) is 152 Å². The molecule has 3 nitrogen and oxygen atoms in total. The van der Waals surface area contributed by atoms with Gasteiger partial charge in [-0.05, 0) is 60.6 Å².